The van der Waals surface area contributed by atoms with Gasteiger partial charge in [0, 0.05) is 19.3 Å². The van der Waals surface area contributed by atoms with Crippen LogP contribution in [0.25, 0.3) is 0 Å². The number of rotatable bonds is 54. The van der Waals surface area contributed by atoms with Gasteiger partial charge in [-0.2, -0.15) is 0 Å². The molecule has 3 N–H and O–H groups in total. The lowest BCUT2D eigenvalue weighted by Crippen LogP contribution is -2.61. The number of carbonyl (C=O) groups excluding carboxylic acids is 3. The first-order chi connectivity index (χ1) is 42.6. The largest absolute Gasteiger partial charge is 0.479 e. The number of aliphatic carboxylic acids is 1. The topological polar surface area (TPSA) is 175 Å². The van der Waals surface area contributed by atoms with Gasteiger partial charge in [-0.1, -0.05) is 236 Å². The van der Waals surface area contributed by atoms with E-state index in [1.54, 1.807) is 0 Å². The van der Waals surface area contributed by atoms with Crippen molar-refractivity contribution in [1.29, 1.82) is 0 Å². The molecule has 1 saturated heterocycles. The third-order valence-electron chi connectivity index (χ3n) is 13.8. The summed E-state index contributed by atoms with van der Waals surface area (Å²) in [5.41, 5.74) is 0. The van der Waals surface area contributed by atoms with E-state index in [1.807, 2.05) is 18.2 Å². The average Bonchev–Trinajstić information content (AvgIpc) is 2.60. The van der Waals surface area contributed by atoms with Crippen LogP contribution in [0.15, 0.2) is 170 Å². The van der Waals surface area contributed by atoms with Crippen LogP contribution in [0.2, 0.25) is 0 Å². The molecule has 6 unspecified atom stereocenters. The summed E-state index contributed by atoms with van der Waals surface area (Å²) in [6.45, 7) is 5.67. The monoisotopic (exact) mass is 1210 g/mol. The second-order valence-electron chi connectivity index (χ2n) is 21.6. The second-order valence-corrected chi connectivity index (χ2v) is 21.6. The molecule has 1 heterocycles. The van der Waals surface area contributed by atoms with Crippen LogP contribution < -0.4 is 0 Å². The highest BCUT2D eigenvalue weighted by Crippen LogP contribution is 2.26. The van der Waals surface area contributed by atoms with E-state index >= 15 is 0 Å². The zero-order chi connectivity index (χ0) is 63.1. The number of unbranched alkanes of at least 4 members (excludes halogenated alkanes) is 12. The molecule has 12 nitrogen and oxygen atoms in total. The number of allylic oxidation sites excluding steroid dienone is 28. The summed E-state index contributed by atoms with van der Waals surface area (Å²) >= 11 is 0. The van der Waals surface area contributed by atoms with Crippen molar-refractivity contribution < 1.29 is 58.2 Å². The molecular weight excluding hydrogens is 1090 g/mol. The van der Waals surface area contributed by atoms with Gasteiger partial charge < -0.3 is 39.0 Å². The first-order valence-electron chi connectivity index (χ1n) is 33.1. The Morgan fingerprint density at radius 3 is 1.16 bits per heavy atom. The SMILES string of the molecule is CC/C=C\C/C=C\C/C=C\C/C=C\C/C=C\C/C=C\CCC(=O)OC1C(OCC(COC(=O)CCCCC/C=C\C/C=C\C/C=C\C/C=C\C/C=C\CC)OC(=O)CCCCCCCC/C=C\C/C=C\C/C=C\CCCCC)OC(C(=O)O)C(O)C1O. The highest BCUT2D eigenvalue weighted by atomic mass is 16.7. The molecule has 1 fully saturated rings. The summed E-state index contributed by atoms with van der Waals surface area (Å²) in [4.78, 5) is 51.4. The highest BCUT2D eigenvalue weighted by molar-refractivity contribution is 5.74. The number of hydrogen-bond donors (Lipinski definition) is 3. The molecule has 0 aromatic rings. The maximum Gasteiger partial charge on any atom is 0.335 e. The number of esters is 3. The van der Waals surface area contributed by atoms with E-state index in [4.69, 9.17) is 23.7 Å². The van der Waals surface area contributed by atoms with Crippen molar-refractivity contribution >= 4 is 23.9 Å². The predicted molar refractivity (Wildman–Crippen MR) is 358 cm³/mol. The molecule has 0 amide bonds. The Labute approximate surface area is 526 Å². The molecule has 486 valence electrons. The summed E-state index contributed by atoms with van der Waals surface area (Å²) < 4.78 is 28.4. The van der Waals surface area contributed by atoms with E-state index in [9.17, 15) is 34.5 Å². The van der Waals surface area contributed by atoms with Crippen LogP contribution in [-0.4, -0.2) is 89.2 Å². The van der Waals surface area contributed by atoms with Gasteiger partial charge in [-0.05, 0) is 141 Å². The Kier molecular flexibility index (Phi) is 54.9. The van der Waals surface area contributed by atoms with Gasteiger partial charge in [0.1, 0.15) is 18.8 Å². The molecular formula is C75H114O12. The predicted octanol–water partition coefficient (Wildman–Crippen LogP) is 18.2. The van der Waals surface area contributed by atoms with Crippen LogP contribution in [0, 0.1) is 0 Å². The summed E-state index contributed by atoms with van der Waals surface area (Å²) in [6, 6.07) is 0. The van der Waals surface area contributed by atoms with Gasteiger partial charge >= 0.3 is 23.9 Å². The lowest BCUT2D eigenvalue weighted by atomic mass is 9.98. The first kappa shape index (κ1) is 79.1. The van der Waals surface area contributed by atoms with Crippen molar-refractivity contribution in [3.05, 3.63) is 170 Å². The van der Waals surface area contributed by atoms with E-state index < -0.39 is 67.3 Å². The van der Waals surface area contributed by atoms with Crippen molar-refractivity contribution in [2.45, 2.75) is 263 Å². The Morgan fingerprint density at radius 2 is 0.747 bits per heavy atom. The van der Waals surface area contributed by atoms with Crippen molar-refractivity contribution in [3.63, 3.8) is 0 Å². The maximum absolute atomic E-state index is 13.2. The van der Waals surface area contributed by atoms with Gasteiger partial charge in [0.2, 0.25) is 0 Å². The fraction of sp³-hybridized carbons (Fsp3) is 0.573. The van der Waals surface area contributed by atoms with Crippen LogP contribution in [0.4, 0.5) is 0 Å². The Morgan fingerprint density at radius 1 is 0.391 bits per heavy atom. The van der Waals surface area contributed by atoms with E-state index in [1.165, 1.54) is 19.3 Å². The molecule has 6 atom stereocenters. The number of ether oxygens (including phenoxy) is 5. The fourth-order valence-electron chi connectivity index (χ4n) is 8.78. The van der Waals surface area contributed by atoms with Crippen LogP contribution in [0.1, 0.15) is 226 Å². The van der Waals surface area contributed by atoms with Crippen LogP contribution in [-0.2, 0) is 42.9 Å². The van der Waals surface area contributed by atoms with Gasteiger partial charge in [-0.15, -0.1) is 0 Å². The minimum Gasteiger partial charge on any atom is -0.479 e. The number of aliphatic hydroxyl groups excluding tert-OH is 2. The normalized spacial score (nSPS) is 18.5. The molecule has 1 aliphatic heterocycles. The molecule has 0 aliphatic carbocycles. The Hall–Kier alpha value is -5.92. The highest BCUT2D eigenvalue weighted by Gasteiger charge is 2.50. The molecule has 1 aliphatic rings. The fourth-order valence-corrected chi connectivity index (χ4v) is 8.78. The molecule has 0 aromatic carbocycles. The summed E-state index contributed by atoms with van der Waals surface area (Å²) in [5.74, 6) is -3.32. The number of carboxylic acid groups (broad SMARTS) is 1. The molecule has 0 radical (unpaired) electrons. The zero-order valence-corrected chi connectivity index (χ0v) is 53.7. The summed E-state index contributed by atoms with van der Waals surface area (Å²) in [6.07, 6.45) is 77.4. The van der Waals surface area contributed by atoms with Crippen LogP contribution >= 0.6 is 0 Å². The van der Waals surface area contributed by atoms with E-state index in [0.717, 1.165) is 141 Å². The molecule has 1 rings (SSSR count). The van der Waals surface area contributed by atoms with Gasteiger partial charge in [0.25, 0.3) is 0 Å². The molecule has 0 spiro atoms. The standard InChI is InChI=1S/C75H114O12/c1-4-7-10-13-16-19-22-25-28-31-34-37-40-43-46-49-52-55-58-61-67(76)83-64-66(85-68(77)62-59-56-53-50-47-44-41-38-35-32-29-26-23-20-17-14-11-8-5-2)65-84-75-73(71(80)70(79)72(87-75)74(81)82)86-69(78)63-60-57-54-51-48-45-42-39-36-33-30-27-24-21-18-15-12-9-6-3/h7,9-10,12,16-21,25-30,34-39,43,45-46,48,54,57,66,70-73,75,79-80H,4-6,8,11,13-15,22-24,31-33,40-42,44,47,49-53,55-56,58-65H2,1-3H3,(H,81,82)/b10-7-,12-9-,19-16-,20-17-,21-18-,28-25-,29-26-,30-27-,37-34-,38-35-,39-36-,46-43-,48-45-,57-54-. The lowest BCUT2D eigenvalue weighted by Gasteiger charge is -2.40. The Balaban J connectivity index is 2.75. The lowest BCUT2D eigenvalue weighted by molar-refractivity contribution is -0.301. The van der Waals surface area contributed by atoms with Crippen molar-refractivity contribution in [1.82, 2.24) is 0 Å². The molecule has 0 bridgehead atoms. The maximum atomic E-state index is 13.2. The average molecular weight is 1210 g/mol. The number of carboxylic acids is 1. The summed E-state index contributed by atoms with van der Waals surface area (Å²) in [7, 11) is 0. The Bertz CT molecular complexity index is 2160. The van der Waals surface area contributed by atoms with Gasteiger partial charge in [-0.25, -0.2) is 4.79 Å². The van der Waals surface area contributed by atoms with Crippen molar-refractivity contribution in [2.75, 3.05) is 13.2 Å². The molecule has 12 heteroatoms. The third-order valence-corrected chi connectivity index (χ3v) is 13.8. The van der Waals surface area contributed by atoms with Gasteiger partial charge in [-0.3, -0.25) is 14.4 Å². The molecule has 0 saturated carbocycles. The quantitative estimate of drug-likeness (QED) is 0.0228. The number of hydrogen-bond acceptors (Lipinski definition) is 11. The van der Waals surface area contributed by atoms with Crippen LogP contribution in [0.5, 0.6) is 0 Å². The minimum atomic E-state index is -1.95. The van der Waals surface area contributed by atoms with Crippen LogP contribution in [0.3, 0.4) is 0 Å². The van der Waals surface area contributed by atoms with E-state index in [2.05, 4.69) is 173 Å². The number of aliphatic hydroxyl groups is 2. The molecule has 0 aromatic heterocycles. The van der Waals surface area contributed by atoms with Crippen molar-refractivity contribution in [2.24, 2.45) is 0 Å². The number of carbonyl (C=O) groups is 4. The zero-order valence-electron chi connectivity index (χ0n) is 53.7. The summed E-state index contributed by atoms with van der Waals surface area (Å²) in [5, 5.41) is 31.6. The van der Waals surface area contributed by atoms with Gasteiger partial charge in [0.15, 0.2) is 24.6 Å². The third kappa shape index (κ3) is 49.7. The minimum absolute atomic E-state index is 0.0800. The smallest absolute Gasteiger partial charge is 0.335 e. The first-order valence-corrected chi connectivity index (χ1v) is 33.1. The van der Waals surface area contributed by atoms with Crippen molar-refractivity contribution in [3.8, 4) is 0 Å². The van der Waals surface area contributed by atoms with E-state index in [0.29, 0.717) is 25.7 Å². The van der Waals surface area contributed by atoms with E-state index in [-0.39, 0.29) is 25.9 Å². The second kappa shape index (κ2) is 60.4. The molecule has 87 heavy (non-hydrogen) atoms. The van der Waals surface area contributed by atoms with Gasteiger partial charge in [0.05, 0.1) is 6.61 Å².